The number of carboxylic acids is 1. The molecule has 0 saturated carbocycles. The van der Waals surface area contributed by atoms with Gasteiger partial charge in [0.2, 0.25) is 5.91 Å². The van der Waals surface area contributed by atoms with Crippen LogP contribution in [-0.4, -0.2) is 29.6 Å². The second-order valence-corrected chi connectivity index (χ2v) is 4.75. The topological polar surface area (TPSA) is 107 Å². The smallest absolute Gasteiger partial charge is 0.328 e. The summed E-state index contributed by atoms with van der Waals surface area (Å²) >= 11 is 0. The minimum Gasteiger partial charge on any atom is -0.478 e. The van der Waals surface area contributed by atoms with E-state index in [4.69, 9.17) is 10.8 Å². The van der Waals surface area contributed by atoms with E-state index in [1.807, 2.05) is 13.8 Å². The first-order chi connectivity index (χ1) is 9.85. The molecule has 110 valence electrons. The van der Waals surface area contributed by atoms with Crippen LogP contribution in [0.3, 0.4) is 0 Å². The van der Waals surface area contributed by atoms with Crippen molar-refractivity contribution in [1.29, 1.82) is 5.26 Å². The number of nitrogens with two attached hydrogens (primary N) is 1. The first-order valence-corrected chi connectivity index (χ1v) is 6.35. The van der Waals surface area contributed by atoms with E-state index < -0.39 is 11.9 Å². The van der Waals surface area contributed by atoms with Crippen molar-refractivity contribution in [2.75, 3.05) is 11.4 Å². The third-order valence-corrected chi connectivity index (χ3v) is 2.82. The van der Waals surface area contributed by atoms with Crippen molar-refractivity contribution >= 4 is 23.6 Å². The van der Waals surface area contributed by atoms with Crippen LogP contribution in [0.25, 0.3) is 6.08 Å². The summed E-state index contributed by atoms with van der Waals surface area (Å²) in [7, 11) is 0. The summed E-state index contributed by atoms with van der Waals surface area (Å²) in [6.45, 7) is 3.79. The van der Waals surface area contributed by atoms with Crippen LogP contribution in [0.4, 0.5) is 5.69 Å². The Morgan fingerprint density at radius 2 is 2.14 bits per heavy atom. The van der Waals surface area contributed by atoms with Crippen molar-refractivity contribution < 1.29 is 14.7 Å². The van der Waals surface area contributed by atoms with E-state index in [1.165, 1.54) is 6.08 Å². The third kappa shape index (κ3) is 4.66. The van der Waals surface area contributed by atoms with Gasteiger partial charge in [-0.2, -0.15) is 5.26 Å². The summed E-state index contributed by atoms with van der Waals surface area (Å²) in [5.41, 5.74) is 6.78. The number of anilines is 1. The highest BCUT2D eigenvalue weighted by Crippen LogP contribution is 2.24. The van der Waals surface area contributed by atoms with E-state index in [0.29, 0.717) is 16.8 Å². The lowest BCUT2D eigenvalue weighted by Crippen LogP contribution is -2.39. The summed E-state index contributed by atoms with van der Waals surface area (Å²) in [6, 6.07) is 6.99. The molecule has 0 spiro atoms. The van der Waals surface area contributed by atoms with Crippen LogP contribution in [0.15, 0.2) is 24.3 Å². The van der Waals surface area contributed by atoms with Crippen molar-refractivity contribution in [1.82, 2.24) is 0 Å². The lowest BCUT2D eigenvalue weighted by molar-refractivity contribution is -0.131. The Hall–Kier alpha value is -2.81. The Bertz CT molecular complexity index is 615. The van der Waals surface area contributed by atoms with Crippen LogP contribution in [0.1, 0.15) is 25.0 Å². The zero-order chi connectivity index (χ0) is 16.0. The van der Waals surface area contributed by atoms with Crippen molar-refractivity contribution in [2.45, 2.75) is 19.9 Å². The van der Waals surface area contributed by atoms with Gasteiger partial charge in [0, 0.05) is 12.1 Å². The maximum absolute atomic E-state index is 11.2. The quantitative estimate of drug-likeness (QED) is 0.768. The van der Waals surface area contributed by atoms with Gasteiger partial charge in [-0.05, 0) is 37.6 Å². The fourth-order valence-electron chi connectivity index (χ4n) is 1.88. The molecule has 1 rings (SSSR count). The fraction of sp³-hybridized carbons (Fsp3) is 0.267. The Balaban J connectivity index is 3.21. The van der Waals surface area contributed by atoms with E-state index in [0.717, 1.165) is 6.08 Å². The zero-order valence-corrected chi connectivity index (χ0v) is 11.9. The molecule has 0 saturated heterocycles. The summed E-state index contributed by atoms with van der Waals surface area (Å²) in [5.74, 6) is -1.54. The number of carbonyl (C=O) groups is 2. The molecule has 0 aliphatic heterocycles. The molecule has 1 aromatic carbocycles. The lowest BCUT2D eigenvalue weighted by atomic mass is 10.1. The second kappa shape index (κ2) is 7.10. The number of amides is 1. The predicted octanol–water partition coefficient (Wildman–Crippen LogP) is 1.36. The van der Waals surface area contributed by atoms with E-state index in [-0.39, 0.29) is 12.6 Å². The molecular weight excluding hydrogens is 270 g/mol. The summed E-state index contributed by atoms with van der Waals surface area (Å²) in [5, 5.41) is 17.9. The third-order valence-electron chi connectivity index (χ3n) is 2.82. The van der Waals surface area contributed by atoms with Crippen LogP contribution in [0.2, 0.25) is 0 Å². The molecule has 6 nitrogen and oxygen atoms in total. The molecule has 6 heteroatoms. The molecular formula is C15H17N3O3. The Labute approximate surface area is 123 Å². The standard InChI is InChI=1S/C15H17N3O3/c1-10(2)18(9-14(17)19)13-5-3-11(4-6-15(20)21)7-12(13)8-16/h3-7,10H,9H2,1-2H3,(H2,17,19)(H,20,21)/b6-4+. The first kappa shape index (κ1) is 16.2. The number of rotatable bonds is 6. The first-order valence-electron chi connectivity index (χ1n) is 6.35. The van der Waals surface area contributed by atoms with Gasteiger partial charge in [-0.15, -0.1) is 0 Å². The molecule has 0 bridgehead atoms. The number of hydrogen-bond donors (Lipinski definition) is 2. The summed E-state index contributed by atoms with van der Waals surface area (Å²) < 4.78 is 0. The highest BCUT2D eigenvalue weighted by Gasteiger charge is 2.16. The van der Waals surface area contributed by atoms with Gasteiger partial charge in [0.05, 0.1) is 17.8 Å². The second-order valence-electron chi connectivity index (χ2n) is 4.75. The Morgan fingerprint density at radius 3 is 2.62 bits per heavy atom. The monoisotopic (exact) mass is 287 g/mol. The van der Waals surface area contributed by atoms with Crippen LogP contribution in [0.5, 0.6) is 0 Å². The molecule has 21 heavy (non-hydrogen) atoms. The SMILES string of the molecule is CC(C)N(CC(N)=O)c1ccc(/C=C/C(=O)O)cc1C#N. The van der Waals surface area contributed by atoms with E-state index in [9.17, 15) is 14.9 Å². The maximum atomic E-state index is 11.2. The molecule has 0 aromatic heterocycles. The van der Waals surface area contributed by atoms with E-state index in [1.54, 1.807) is 23.1 Å². The van der Waals surface area contributed by atoms with Crippen LogP contribution < -0.4 is 10.6 Å². The van der Waals surface area contributed by atoms with E-state index in [2.05, 4.69) is 6.07 Å². The molecule has 0 aliphatic rings. The van der Waals surface area contributed by atoms with Gasteiger partial charge < -0.3 is 15.7 Å². The van der Waals surface area contributed by atoms with Crippen molar-refractivity contribution in [3.05, 3.63) is 35.4 Å². The molecule has 3 N–H and O–H groups in total. The normalized spacial score (nSPS) is 10.6. The Kier molecular flexibility index (Phi) is 5.49. The average Bonchev–Trinajstić information content (AvgIpc) is 2.41. The van der Waals surface area contributed by atoms with Gasteiger partial charge >= 0.3 is 5.97 Å². The predicted molar refractivity (Wildman–Crippen MR) is 79.5 cm³/mol. The molecule has 0 unspecified atom stereocenters. The summed E-state index contributed by atoms with van der Waals surface area (Å²) in [4.78, 5) is 23.4. The number of benzene rings is 1. The van der Waals surface area contributed by atoms with Crippen LogP contribution in [-0.2, 0) is 9.59 Å². The fourth-order valence-corrected chi connectivity index (χ4v) is 1.88. The highest BCUT2D eigenvalue weighted by molar-refractivity contribution is 5.86. The van der Waals surface area contributed by atoms with Gasteiger partial charge in [-0.3, -0.25) is 4.79 Å². The lowest BCUT2D eigenvalue weighted by Gasteiger charge is -2.28. The number of hydrogen-bond acceptors (Lipinski definition) is 4. The molecule has 0 heterocycles. The minimum atomic E-state index is -1.06. The average molecular weight is 287 g/mol. The van der Waals surface area contributed by atoms with Gasteiger partial charge in [0.15, 0.2) is 0 Å². The minimum absolute atomic E-state index is 0.00925. The van der Waals surface area contributed by atoms with Crippen LogP contribution >= 0.6 is 0 Å². The largest absolute Gasteiger partial charge is 0.478 e. The van der Waals surface area contributed by atoms with Crippen LogP contribution in [0, 0.1) is 11.3 Å². The summed E-state index contributed by atoms with van der Waals surface area (Å²) in [6.07, 6.45) is 2.40. The van der Waals surface area contributed by atoms with E-state index >= 15 is 0 Å². The van der Waals surface area contributed by atoms with Crippen molar-refractivity contribution in [3.8, 4) is 6.07 Å². The maximum Gasteiger partial charge on any atom is 0.328 e. The molecule has 1 aromatic rings. The number of carboxylic acid groups (broad SMARTS) is 1. The highest BCUT2D eigenvalue weighted by atomic mass is 16.4. The number of nitrogens with zero attached hydrogens (tertiary/aromatic N) is 2. The number of carbonyl (C=O) groups excluding carboxylic acids is 1. The Morgan fingerprint density at radius 1 is 1.48 bits per heavy atom. The molecule has 0 atom stereocenters. The zero-order valence-electron chi connectivity index (χ0n) is 11.9. The van der Waals surface area contributed by atoms with Crippen molar-refractivity contribution in [2.24, 2.45) is 5.73 Å². The molecule has 0 fully saturated rings. The molecule has 1 amide bonds. The number of nitriles is 1. The number of primary amides is 1. The van der Waals surface area contributed by atoms with Gasteiger partial charge in [0.25, 0.3) is 0 Å². The van der Waals surface area contributed by atoms with Gasteiger partial charge in [-0.25, -0.2) is 4.79 Å². The van der Waals surface area contributed by atoms with Gasteiger partial charge in [-0.1, -0.05) is 6.07 Å². The van der Waals surface area contributed by atoms with Crippen molar-refractivity contribution in [3.63, 3.8) is 0 Å². The molecule has 0 radical (unpaired) electrons. The van der Waals surface area contributed by atoms with Gasteiger partial charge in [0.1, 0.15) is 6.07 Å². The number of aliphatic carboxylic acids is 1. The molecule has 0 aliphatic carbocycles.